The van der Waals surface area contributed by atoms with E-state index in [9.17, 15) is 9.59 Å². The Morgan fingerprint density at radius 1 is 0.897 bits per heavy atom. The molecule has 4 aromatic rings. The number of ether oxygens (including phenoxy) is 2. The third kappa shape index (κ3) is 4.00. The molecule has 29 heavy (non-hydrogen) atoms. The number of esters is 1. The van der Waals surface area contributed by atoms with Gasteiger partial charge in [0, 0.05) is 16.5 Å². The zero-order chi connectivity index (χ0) is 20.4. The van der Waals surface area contributed by atoms with Crippen LogP contribution in [0.25, 0.3) is 22.1 Å². The van der Waals surface area contributed by atoms with E-state index >= 15 is 0 Å². The molecular formula is C23H15ClO5. The maximum absolute atomic E-state index is 12.4. The van der Waals surface area contributed by atoms with Gasteiger partial charge in [-0.3, -0.25) is 0 Å². The highest BCUT2D eigenvalue weighted by Crippen LogP contribution is 2.26. The highest BCUT2D eigenvalue weighted by molar-refractivity contribution is 6.30. The van der Waals surface area contributed by atoms with Gasteiger partial charge in [-0.05, 0) is 60.2 Å². The van der Waals surface area contributed by atoms with Gasteiger partial charge >= 0.3 is 11.6 Å². The predicted molar refractivity (Wildman–Crippen MR) is 111 cm³/mol. The molecular weight excluding hydrogens is 392 g/mol. The summed E-state index contributed by atoms with van der Waals surface area (Å²) in [5.41, 5.74) is 1.36. The Balaban J connectivity index is 1.62. The van der Waals surface area contributed by atoms with E-state index in [0.29, 0.717) is 38.4 Å². The van der Waals surface area contributed by atoms with E-state index in [1.165, 1.54) is 6.07 Å². The van der Waals surface area contributed by atoms with Gasteiger partial charge in [-0.25, -0.2) is 9.59 Å². The van der Waals surface area contributed by atoms with Crippen molar-refractivity contribution in [2.75, 3.05) is 7.11 Å². The molecule has 0 saturated heterocycles. The van der Waals surface area contributed by atoms with Gasteiger partial charge < -0.3 is 13.9 Å². The van der Waals surface area contributed by atoms with E-state index in [0.717, 1.165) is 0 Å². The van der Waals surface area contributed by atoms with Gasteiger partial charge in [-0.2, -0.15) is 0 Å². The second-order valence-electron chi connectivity index (χ2n) is 6.27. The zero-order valence-electron chi connectivity index (χ0n) is 15.3. The highest BCUT2D eigenvalue weighted by atomic mass is 35.5. The van der Waals surface area contributed by atoms with Gasteiger partial charge in [-0.1, -0.05) is 23.7 Å². The Labute approximate surface area is 171 Å². The van der Waals surface area contributed by atoms with Crippen molar-refractivity contribution in [3.8, 4) is 22.6 Å². The van der Waals surface area contributed by atoms with Crippen molar-refractivity contribution in [1.82, 2.24) is 0 Å². The largest absolute Gasteiger partial charge is 0.497 e. The van der Waals surface area contributed by atoms with Crippen LogP contribution in [0.1, 0.15) is 10.4 Å². The number of fused-ring (bicyclic) bond motifs is 1. The smallest absolute Gasteiger partial charge is 0.344 e. The molecule has 0 bridgehead atoms. The summed E-state index contributed by atoms with van der Waals surface area (Å²) in [6.07, 6.45) is 0. The lowest BCUT2D eigenvalue weighted by atomic mass is 10.1. The van der Waals surface area contributed by atoms with Gasteiger partial charge in [0.25, 0.3) is 0 Å². The Kier molecular flexibility index (Phi) is 5.06. The molecule has 3 aromatic carbocycles. The monoisotopic (exact) mass is 406 g/mol. The molecule has 0 radical (unpaired) electrons. The van der Waals surface area contributed by atoms with Gasteiger partial charge in [0.1, 0.15) is 17.1 Å². The average molecular weight is 407 g/mol. The summed E-state index contributed by atoms with van der Waals surface area (Å²) in [6.45, 7) is 0. The molecule has 0 atom stereocenters. The normalized spacial score (nSPS) is 10.7. The molecule has 5 nitrogen and oxygen atoms in total. The molecule has 0 amide bonds. The molecule has 0 aliphatic heterocycles. The summed E-state index contributed by atoms with van der Waals surface area (Å²) in [4.78, 5) is 24.7. The van der Waals surface area contributed by atoms with Crippen molar-refractivity contribution in [3.63, 3.8) is 0 Å². The van der Waals surface area contributed by atoms with Gasteiger partial charge in [0.2, 0.25) is 0 Å². The van der Waals surface area contributed by atoms with E-state index in [-0.39, 0.29) is 5.75 Å². The van der Waals surface area contributed by atoms with Crippen LogP contribution in [-0.2, 0) is 0 Å². The minimum atomic E-state index is -0.521. The minimum absolute atomic E-state index is 0.278. The molecule has 0 fully saturated rings. The summed E-state index contributed by atoms with van der Waals surface area (Å²) < 4.78 is 15.9. The van der Waals surface area contributed by atoms with Crippen LogP contribution >= 0.6 is 11.6 Å². The van der Waals surface area contributed by atoms with Crippen LogP contribution in [0.3, 0.4) is 0 Å². The Morgan fingerprint density at radius 3 is 2.28 bits per heavy atom. The highest BCUT2D eigenvalue weighted by Gasteiger charge is 2.12. The van der Waals surface area contributed by atoms with Crippen molar-refractivity contribution in [2.24, 2.45) is 0 Å². The number of rotatable bonds is 4. The lowest BCUT2D eigenvalue weighted by molar-refractivity contribution is 0.0735. The summed E-state index contributed by atoms with van der Waals surface area (Å²) >= 11 is 5.90. The topological polar surface area (TPSA) is 65.7 Å². The van der Waals surface area contributed by atoms with Crippen LogP contribution in [0, 0.1) is 0 Å². The molecule has 1 aromatic heterocycles. The zero-order valence-corrected chi connectivity index (χ0v) is 16.1. The molecule has 0 spiro atoms. The van der Waals surface area contributed by atoms with Crippen LogP contribution < -0.4 is 15.1 Å². The molecule has 0 unspecified atom stereocenters. The van der Waals surface area contributed by atoms with Gasteiger partial charge in [-0.15, -0.1) is 0 Å². The second-order valence-corrected chi connectivity index (χ2v) is 6.71. The number of hydrogen-bond acceptors (Lipinski definition) is 5. The van der Waals surface area contributed by atoms with Crippen molar-refractivity contribution in [3.05, 3.63) is 93.8 Å². The fourth-order valence-corrected chi connectivity index (χ4v) is 3.00. The van der Waals surface area contributed by atoms with E-state index in [1.54, 1.807) is 73.8 Å². The summed E-state index contributed by atoms with van der Waals surface area (Å²) in [5, 5.41) is 1.29. The molecule has 0 N–H and O–H groups in total. The van der Waals surface area contributed by atoms with E-state index in [4.69, 9.17) is 25.5 Å². The first kappa shape index (κ1) is 18.8. The number of benzene rings is 3. The fourth-order valence-electron chi connectivity index (χ4n) is 2.88. The Hall–Kier alpha value is -3.57. The van der Waals surface area contributed by atoms with E-state index in [2.05, 4.69) is 0 Å². The predicted octanol–water partition coefficient (Wildman–Crippen LogP) is 5.34. The minimum Gasteiger partial charge on any atom is -0.497 e. The quantitative estimate of drug-likeness (QED) is 0.260. The van der Waals surface area contributed by atoms with E-state index in [1.807, 2.05) is 0 Å². The Morgan fingerprint density at radius 2 is 1.59 bits per heavy atom. The average Bonchev–Trinajstić information content (AvgIpc) is 2.74. The number of carbonyl (C=O) groups excluding carboxylic acids is 1. The lowest BCUT2D eigenvalue weighted by Crippen LogP contribution is -2.08. The van der Waals surface area contributed by atoms with E-state index < -0.39 is 11.6 Å². The Bertz CT molecular complexity index is 1240. The lowest BCUT2D eigenvalue weighted by Gasteiger charge is -2.07. The SMILES string of the molecule is COc1ccc(C(=O)Oc2ccc3cc(-c4ccc(Cl)cc4)c(=O)oc3c2)cc1. The molecule has 0 saturated carbocycles. The number of hydrogen-bond donors (Lipinski definition) is 0. The maximum atomic E-state index is 12.4. The summed E-state index contributed by atoms with van der Waals surface area (Å²) in [7, 11) is 1.55. The fraction of sp³-hybridized carbons (Fsp3) is 0.0435. The van der Waals surface area contributed by atoms with Crippen molar-refractivity contribution >= 4 is 28.5 Å². The van der Waals surface area contributed by atoms with Crippen LogP contribution in [0.2, 0.25) is 5.02 Å². The van der Waals surface area contributed by atoms with Gasteiger partial charge in [0.05, 0.1) is 18.2 Å². The molecule has 144 valence electrons. The first-order valence-corrected chi connectivity index (χ1v) is 9.11. The van der Waals surface area contributed by atoms with Crippen LogP contribution in [0.15, 0.2) is 82.0 Å². The molecule has 6 heteroatoms. The number of carbonyl (C=O) groups is 1. The van der Waals surface area contributed by atoms with Crippen LogP contribution in [0.4, 0.5) is 0 Å². The molecule has 0 aliphatic carbocycles. The third-order valence-corrected chi connectivity index (χ3v) is 4.65. The summed E-state index contributed by atoms with van der Waals surface area (Å²) in [5.74, 6) is 0.401. The van der Waals surface area contributed by atoms with Crippen LogP contribution in [-0.4, -0.2) is 13.1 Å². The first-order chi connectivity index (χ1) is 14.0. The molecule has 4 rings (SSSR count). The van der Waals surface area contributed by atoms with Crippen molar-refractivity contribution < 1.29 is 18.7 Å². The molecule has 1 heterocycles. The molecule has 0 aliphatic rings. The number of halogens is 1. The number of methoxy groups -OCH3 is 1. The van der Waals surface area contributed by atoms with Gasteiger partial charge in [0.15, 0.2) is 0 Å². The maximum Gasteiger partial charge on any atom is 0.344 e. The third-order valence-electron chi connectivity index (χ3n) is 4.40. The van der Waals surface area contributed by atoms with Crippen LogP contribution in [0.5, 0.6) is 11.5 Å². The van der Waals surface area contributed by atoms with Crippen molar-refractivity contribution in [1.29, 1.82) is 0 Å². The first-order valence-electron chi connectivity index (χ1n) is 8.73. The summed E-state index contributed by atoms with van der Waals surface area (Å²) in [6, 6.07) is 20.1. The standard InChI is InChI=1S/C23H15ClO5/c1-27-18-9-4-15(5-10-18)22(25)28-19-11-6-16-12-20(23(26)29-21(16)13-19)14-2-7-17(24)8-3-14/h2-13H,1H3. The van der Waals surface area contributed by atoms with Crippen molar-refractivity contribution in [2.45, 2.75) is 0 Å². The second kappa shape index (κ2) is 7.81.